The van der Waals surface area contributed by atoms with Gasteiger partial charge in [-0.3, -0.25) is 4.79 Å². The van der Waals surface area contributed by atoms with Crippen LogP contribution >= 0.6 is 0 Å². The summed E-state index contributed by atoms with van der Waals surface area (Å²) in [4.78, 5) is 26.9. The maximum atomic E-state index is 13.8. The van der Waals surface area contributed by atoms with Gasteiger partial charge >= 0.3 is 6.09 Å². The Hall–Kier alpha value is -5.69. The molecule has 0 aliphatic carbocycles. The molecule has 5 aromatic carbocycles. The van der Waals surface area contributed by atoms with E-state index in [1.54, 1.807) is 0 Å². The fourth-order valence-electron chi connectivity index (χ4n) is 6.76. The van der Waals surface area contributed by atoms with Crippen LogP contribution in [0.1, 0.15) is 29.5 Å². The van der Waals surface area contributed by atoms with Gasteiger partial charge in [0.05, 0.1) is 11.4 Å². The van der Waals surface area contributed by atoms with Crippen molar-refractivity contribution in [2.24, 2.45) is 5.92 Å². The molecule has 2 heterocycles. The van der Waals surface area contributed by atoms with Gasteiger partial charge in [0.15, 0.2) is 5.82 Å². The van der Waals surface area contributed by atoms with Crippen molar-refractivity contribution in [3.63, 3.8) is 0 Å². The summed E-state index contributed by atoms with van der Waals surface area (Å²) in [7, 11) is 0. The summed E-state index contributed by atoms with van der Waals surface area (Å²) >= 11 is 0. The van der Waals surface area contributed by atoms with Gasteiger partial charge in [-0.1, -0.05) is 127 Å². The molecule has 1 atom stereocenters. The molecule has 0 spiro atoms. The summed E-state index contributed by atoms with van der Waals surface area (Å²) in [6.07, 6.45) is 0.251. The number of hydrogen-bond acceptors (Lipinski definition) is 3. The fourth-order valence-corrected chi connectivity index (χ4v) is 6.76. The number of rotatable bonds is 7. The molecule has 0 saturated carbocycles. The predicted octanol–water partition coefficient (Wildman–Crippen LogP) is 7.87. The summed E-state index contributed by atoms with van der Waals surface area (Å²) in [6, 6.07) is 47.3. The Morgan fingerprint density at radius 1 is 0.717 bits per heavy atom. The number of benzene rings is 5. The Balaban J connectivity index is 1.47. The van der Waals surface area contributed by atoms with Crippen LogP contribution in [-0.2, 0) is 10.3 Å². The van der Waals surface area contributed by atoms with Gasteiger partial charge in [-0.15, -0.1) is 0 Å². The van der Waals surface area contributed by atoms with Crippen molar-refractivity contribution in [3.05, 3.63) is 156 Å². The molecule has 1 aliphatic heterocycles. The average molecular weight is 607 g/mol. The molecular formula is C39H34N4O3. The van der Waals surface area contributed by atoms with Gasteiger partial charge in [0.1, 0.15) is 5.54 Å². The maximum Gasteiger partial charge on any atom is 0.407 e. The van der Waals surface area contributed by atoms with Crippen molar-refractivity contribution < 1.29 is 14.7 Å². The van der Waals surface area contributed by atoms with Crippen LogP contribution in [0.3, 0.4) is 0 Å². The zero-order valence-electron chi connectivity index (χ0n) is 25.3. The van der Waals surface area contributed by atoms with Crippen LogP contribution < -0.4 is 5.32 Å². The molecule has 1 aromatic heterocycles. The Labute approximate surface area is 267 Å². The van der Waals surface area contributed by atoms with E-state index >= 15 is 0 Å². The molecule has 7 rings (SSSR count). The van der Waals surface area contributed by atoms with Crippen LogP contribution in [-0.4, -0.2) is 44.9 Å². The SMILES string of the molecule is O=C(Nc1nn(C(c2ccccc2)(c2ccccc2)c2ccccc2)c2ccc(-c3ccccc3)cc12)[C@@H]1CCCN(C(=O)O)C1. The lowest BCUT2D eigenvalue weighted by Crippen LogP contribution is -2.43. The van der Waals surface area contributed by atoms with Crippen LogP contribution in [0, 0.1) is 5.92 Å². The molecule has 2 amide bonds. The lowest BCUT2D eigenvalue weighted by Gasteiger charge is -2.37. The molecule has 1 aliphatic rings. The number of nitrogens with one attached hydrogen (secondary N) is 1. The molecule has 46 heavy (non-hydrogen) atoms. The van der Waals surface area contributed by atoms with Crippen LogP contribution in [0.2, 0.25) is 0 Å². The van der Waals surface area contributed by atoms with Gasteiger partial charge in [-0.2, -0.15) is 5.10 Å². The van der Waals surface area contributed by atoms with Crippen molar-refractivity contribution in [2.75, 3.05) is 18.4 Å². The number of carboxylic acid groups (broad SMARTS) is 1. The Morgan fingerprint density at radius 2 is 1.26 bits per heavy atom. The van der Waals surface area contributed by atoms with Gasteiger partial charge in [0.25, 0.3) is 0 Å². The third kappa shape index (κ3) is 5.20. The van der Waals surface area contributed by atoms with Crippen molar-refractivity contribution in [1.29, 1.82) is 0 Å². The van der Waals surface area contributed by atoms with Crippen molar-refractivity contribution in [2.45, 2.75) is 18.4 Å². The third-order valence-corrected chi connectivity index (χ3v) is 8.98. The number of amides is 2. The monoisotopic (exact) mass is 606 g/mol. The zero-order valence-corrected chi connectivity index (χ0v) is 25.3. The maximum absolute atomic E-state index is 13.8. The van der Waals surface area contributed by atoms with Gasteiger partial charge in [-0.05, 0) is 52.8 Å². The van der Waals surface area contributed by atoms with E-state index in [1.165, 1.54) is 4.90 Å². The van der Waals surface area contributed by atoms with E-state index < -0.39 is 17.6 Å². The number of carbonyl (C=O) groups is 2. The highest BCUT2D eigenvalue weighted by Gasteiger charge is 2.41. The van der Waals surface area contributed by atoms with E-state index in [-0.39, 0.29) is 12.5 Å². The van der Waals surface area contributed by atoms with E-state index in [2.05, 4.69) is 72.0 Å². The number of fused-ring (bicyclic) bond motifs is 1. The summed E-state index contributed by atoms with van der Waals surface area (Å²) in [5.41, 5.74) is 5.08. The van der Waals surface area contributed by atoms with Crippen LogP contribution in [0.15, 0.2) is 140 Å². The lowest BCUT2D eigenvalue weighted by molar-refractivity contribution is -0.121. The molecule has 0 radical (unpaired) electrons. The summed E-state index contributed by atoms with van der Waals surface area (Å²) in [5.74, 6) is -0.255. The van der Waals surface area contributed by atoms with E-state index in [0.717, 1.165) is 38.7 Å². The topological polar surface area (TPSA) is 87.5 Å². The average Bonchev–Trinajstić information content (AvgIpc) is 3.47. The first-order valence-electron chi connectivity index (χ1n) is 15.6. The second kappa shape index (κ2) is 12.4. The second-order valence-corrected chi connectivity index (χ2v) is 11.7. The minimum absolute atomic E-state index is 0.164. The van der Waals surface area contributed by atoms with Crippen LogP contribution in [0.5, 0.6) is 0 Å². The quantitative estimate of drug-likeness (QED) is 0.181. The summed E-state index contributed by atoms with van der Waals surface area (Å²) < 4.78 is 2.04. The first kappa shape index (κ1) is 29.0. The summed E-state index contributed by atoms with van der Waals surface area (Å²) in [6.45, 7) is 0.599. The van der Waals surface area contributed by atoms with E-state index in [9.17, 15) is 14.7 Å². The minimum Gasteiger partial charge on any atom is -0.465 e. The van der Waals surface area contributed by atoms with Crippen LogP contribution in [0.25, 0.3) is 22.0 Å². The number of hydrogen-bond donors (Lipinski definition) is 2. The molecular weight excluding hydrogens is 572 g/mol. The standard InChI is InChI=1S/C39H34N4O3/c44-37(30-16-13-25-42(27-30)38(45)46)40-36-34-26-29(28-14-5-1-6-15-28)23-24-35(34)43(41-36)39(31-17-7-2-8-18-31,32-19-9-3-10-20-32)33-21-11-4-12-22-33/h1-12,14-15,17-24,26,30H,13,16,25,27H2,(H,45,46)(H,40,41,44)/t30-/m1/s1. The molecule has 7 nitrogen and oxygen atoms in total. The van der Waals surface area contributed by atoms with E-state index in [1.807, 2.05) is 77.5 Å². The zero-order chi connectivity index (χ0) is 31.5. The highest BCUT2D eigenvalue weighted by atomic mass is 16.4. The molecule has 0 bridgehead atoms. The minimum atomic E-state index is -1.00. The highest BCUT2D eigenvalue weighted by molar-refractivity contribution is 6.02. The van der Waals surface area contributed by atoms with Crippen molar-refractivity contribution in [1.82, 2.24) is 14.7 Å². The molecule has 1 saturated heterocycles. The number of carbonyl (C=O) groups excluding carboxylic acids is 1. The second-order valence-electron chi connectivity index (χ2n) is 11.7. The van der Waals surface area contributed by atoms with Gasteiger partial charge in [0.2, 0.25) is 5.91 Å². The van der Waals surface area contributed by atoms with E-state index in [0.29, 0.717) is 25.2 Å². The van der Waals surface area contributed by atoms with Gasteiger partial charge in [-0.25, -0.2) is 9.48 Å². The number of nitrogens with zero attached hydrogens (tertiary/aromatic N) is 3. The van der Waals surface area contributed by atoms with Gasteiger partial charge < -0.3 is 15.3 Å². The van der Waals surface area contributed by atoms with Crippen molar-refractivity contribution >= 4 is 28.7 Å². The molecule has 1 fully saturated rings. The summed E-state index contributed by atoms with van der Waals surface area (Å²) in [5, 5.41) is 18.8. The van der Waals surface area contributed by atoms with Crippen LogP contribution in [0.4, 0.5) is 10.6 Å². The fraction of sp³-hybridized carbons (Fsp3) is 0.154. The normalized spacial score (nSPS) is 15.0. The predicted molar refractivity (Wildman–Crippen MR) is 181 cm³/mol. The Kier molecular flexibility index (Phi) is 7.81. The number of likely N-dealkylation sites (tertiary alicyclic amines) is 1. The first-order valence-corrected chi connectivity index (χ1v) is 15.6. The molecule has 6 aromatic rings. The number of piperidine rings is 1. The Bertz CT molecular complexity index is 1880. The Morgan fingerprint density at radius 3 is 1.80 bits per heavy atom. The smallest absolute Gasteiger partial charge is 0.407 e. The number of anilines is 1. The first-order chi connectivity index (χ1) is 22.6. The molecule has 0 unspecified atom stereocenters. The lowest BCUT2D eigenvalue weighted by atomic mass is 9.77. The molecule has 2 N–H and O–H groups in total. The van der Waals surface area contributed by atoms with E-state index in [4.69, 9.17) is 5.10 Å². The largest absolute Gasteiger partial charge is 0.465 e. The number of aromatic nitrogens is 2. The molecule has 7 heteroatoms. The molecule has 228 valence electrons. The third-order valence-electron chi connectivity index (χ3n) is 8.98. The van der Waals surface area contributed by atoms with Gasteiger partial charge in [0, 0.05) is 18.5 Å². The van der Waals surface area contributed by atoms with Crippen molar-refractivity contribution in [3.8, 4) is 11.1 Å². The highest BCUT2D eigenvalue weighted by Crippen LogP contribution is 2.44.